The summed E-state index contributed by atoms with van der Waals surface area (Å²) in [5.41, 5.74) is 3.46. The number of allylic oxidation sites excluding steroid dienone is 1. The molecule has 9 heteroatoms. The third-order valence-corrected chi connectivity index (χ3v) is 6.89. The van der Waals surface area contributed by atoms with Gasteiger partial charge in [0, 0.05) is 28.9 Å². The van der Waals surface area contributed by atoms with Crippen molar-refractivity contribution in [2.75, 3.05) is 23.1 Å². The summed E-state index contributed by atoms with van der Waals surface area (Å²) in [6.07, 6.45) is 4.61. The maximum Gasteiger partial charge on any atom is 0.335 e. The molecule has 2 aromatic rings. The molecule has 0 saturated carbocycles. The van der Waals surface area contributed by atoms with Gasteiger partial charge in [-0.3, -0.25) is 14.9 Å². The van der Waals surface area contributed by atoms with Gasteiger partial charge in [0.25, 0.3) is 11.8 Å². The fourth-order valence-electron chi connectivity index (χ4n) is 4.93. The molecule has 2 aromatic carbocycles. The van der Waals surface area contributed by atoms with E-state index in [1.54, 1.807) is 12.1 Å². The molecule has 3 heterocycles. The number of anilines is 2. The highest BCUT2D eigenvalue weighted by atomic mass is 35.5. The molecular formula is C27H26ClN3O5. The van der Waals surface area contributed by atoms with Gasteiger partial charge < -0.3 is 14.4 Å². The van der Waals surface area contributed by atoms with Crippen LogP contribution < -0.4 is 24.6 Å². The molecule has 36 heavy (non-hydrogen) atoms. The largest absolute Gasteiger partial charge is 0.454 e. The number of fused-ring (bicyclic) bond motifs is 2. The lowest BCUT2D eigenvalue weighted by Gasteiger charge is -2.43. The molecule has 0 aromatic heterocycles. The summed E-state index contributed by atoms with van der Waals surface area (Å²) in [6, 6.07) is 7.62. The monoisotopic (exact) mass is 507 g/mol. The van der Waals surface area contributed by atoms with Crippen LogP contribution in [0.2, 0.25) is 5.02 Å². The van der Waals surface area contributed by atoms with E-state index < -0.39 is 17.8 Å². The molecule has 1 N–H and O–H groups in total. The van der Waals surface area contributed by atoms with Gasteiger partial charge in [0.2, 0.25) is 6.79 Å². The van der Waals surface area contributed by atoms with Crippen molar-refractivity contribution < 1.29 is 23.9 Å². The van der Waals surface area contributed by atoms with Crippen molar-refractivity contribution in [2.24, 2.45) is 0 Å². The first-order valence-electron chi connectivity index (χ1n) is 11.7. The average molecular weight is 508 g/mol. The molecule has 8 nitrogen and oxygen atoms in total. The van der Waals surface area contributed by atoms with Gasteiger partial charge in [0.1, 0.15) is 5.57 Å². The lowest BCUT2D eigenvalue weighted by Crippen LogP contribution is -2.54. The van der Waals surface area contributed by atoms with Crippen molar-refractivity contribution in [3.8, 4) is 11.5 Å². The fraction of sp³-hybridized carbons (Fsp3) is 0.296. The summed E-state index contributed by atoms with van der Waals surface area (Å²) >= 11 is 6.68. The van der Waals surface area contributed by atoms with Gasteiger partial charge in [0.15, 0.2) is 11.5 Å². The summed E-state index contributed by atoms with van der Waals surface area (Å²) in [5, 5.41) is 2.65. The summed E-state index contributed by atoms with van der Waals surface area (Å²) in [4.78, 5) is 41.9. The third kappa shape index (κ3) is 3.91. The summed E-state index contributed by atoms with van der Waals surface area (Å²) < 4.78 is 10.7. The molecule has 0 aliphatic carbocycles. The summed E-state index contributed by atoms with van der Waals surface area (Å²) in [5.74, 6) is -0.607. The quantitative estimate of drug-likeness (QED) is 0.455. The SMILES string of the molecule is CCCN1c2cc(Cl)c(/C=C3/C(=O)NC(=O)N(c4ccc5c(c4)OCO5)C3=O)cc2C(C)=CC1(C)C. The van der Waals surface area contributed by atoms with E-state index in [2.05, 4.69) is 37.1 Å². The lowest BCUT2D eigenvalue weighted by molar-refractivity contribution is -0.122. The molecule has 1 fully saturated rings. The number of imide groups is 2. The molecule has 0 spiro atoms. The number of urea groups is 1. The Hall–Kier alpha value is -3.78. The van der Waals surface area contributed by atoms with Gasteiger partial charge in [0.05, 0.1) is 11.2 Å². The normalized spacial score (nSPS) is 19.4. The van der Waals surface area contributed by atoms with Gasteiger partial charge >= 0.3 is 6.03 Å². The topological polar surface area (TPSA) is 88.2 Å². The maximum atomic E-state index is 13.4. The minimum Gasteiger partial charge on any atom is -0.454 e. The van der Waals surface area contributed by atoms with Crippen molar-refractivity contribution in [1.82, 2.24) is 5.32 Å². The van der Waals surface area contributed by atoms with Gasteiger partial charge in [-0.25, -0.2) is 9.69 Å². The molecule has 0 atom stereocenters. The smallest absolute Gasteiger partial charge is 0.335 e. The van der Waals surface area contributed by atoms with E-state index in [0.717, 1.165) is 34.7 Å². The van der Waals surface area contributed by atoms with E-state index in [1.165, 1.54) is 12.1 Å². The third-order valence-electron chi connectivity index (χ3n) is 6.56. The molecule has 186 valence electrons. The maximum absolute atomic E-state index is 13.4. The second-order valence-electron chi connectivity index (χ2n) is 9.52. The number of carbonyl (C=O) groups is 3. The molecule has 4 amide bonds. The predicted octanol–water partition coefficient (Wildman–Crippen LogP) is 5.15. The summed E-state index contributed by atoms with van der Waals surface area (Å²) in [7, 11) is 0. The molecule has 5 rings (SSSR count). The Kier molecular flexibility index (Phi) is 5.79. The van der Waals surface area contributed by atoms with Gasteiger partial charge in [-0.05, 0) is 68.7 Å². The van der Waals surface area contributed by atoms with Crippen LogP contribution in [0.25, 0.3) is 11.6 Å². The number of ether oxygens (including phenoxy) is 2. The van der Waals surface area contributed by atoms with E-state index >= 15 is 0 Å². The molecule has 0 unspecified atom stereocenters. The fourth-order valence-corrected chi connectivity index (χ4v) is 5.14. The molecule has 3 aliphatic rings. The zero-order valence-corrected chi connectivity index (χ0v) is 21.2. The van der Waals surface area contributed by atoms with Crippen LogP contribution in [0.3, 0.4) is 0 Å². The number of nitrogens with zero attached hydrogens (tertiary/aromatic N) is 2. The Balaban J connectivity index is 1.55. The first-order valence-corrected chi connectivity index (χ1v) is 12.1. The zero-order valence-electron chi connectivity index (χ0n) is 20.5. The molecule has 3 aliphatic heterocycles. The van der Waals surface area contributed by atoms with Crippen molar-refractivity contribution in [3.63, 3.8) is 0 Å². The Morgan fingerprint density at radius 1 is 1.11 bits per heavy atom. The van der Waals surface area contributed by atoms with Crippen LogP contribution in [0.4, 0.5) is 16.2 Å². The molecule has 1 saturated heterocycles. The Morgan fingerprint density at radius 2 is 1.86 bits per heavy atom. The van der Waals surface area contributed by atoms with Crippen molar-refractivity contribution in [2.45, 2.75) is 39.7 Å². The minimum absolute atomic E-state index is 0.0557. The number of carbonyl (C=O) groups excluding carboxylic acids is 3. The number of nitrogens with one attached hydrogen (secondary N) is 1. The zero-order chi connectivity index (χ0) is 25.8. The van der Waals surface area contributed by atoms with E-state index in [0.29, 0.717) is 22.1 Å². The van der Waals surface area contributed by atoms with Crippen LogP contribution in [0, 0.1) is 0 Å². The predicted molar refractivity (Wildman–Crippen MR) is 138 cm³/mol. The standard InChI is InChI=1S/C27H26ClN3O5/c1-5-8-30-21-12-20(28)16(9-18(21)15(2)13-27(30,3)4)10-19-24(32)29-26(34)31(25(19)33)17-6-7-22-23(11-17)36-14-35-22/h6-7,9-13H,5,8,14H2,1-4H3,(H,29,32,34)/b19-10-. The Labute approximate surface area is 214 Å². The number of amides is 4. The van der Waals surface area contributed by atoms with Crippen LogP contribution in [-0.4, -0.2) is 36.7 Å². The number of rotatable bonds is 4. The van der Waals surface area contributed by atoms with Crippen LogP contribution in [0.1, 0.15) is 45.2 Å². The first kappa shape index (κ1) is 23.9. The van der Waals surface area contributed by atoms with Crippen molar-refractivity contribution in [3.05, 3.63) is 58.1 Å². The second-order valence-corrected chi connectivity index (χ2v) is 9.93. The number of barbiturate groups is 1. The highest BCUT2D eigenvalue weighted by Crippen LogP contribution is 2.42. The van der Waals surface area contributed by atoms with E-state index in [9.17, 15) is 14.4 Å². The van der Waals surface area contributed by atoms with Crippen LogP contribution >= 0.6 is 11.6 Å². The van der Waals surface area contributed by atoms with Crippen LogP contribution in [-0.2, 0) is 9.59 Å². The second kappa shape index (κ2) is 8.71. The minimum atomic E-state index is -0.839. The van der Waals surface area contributed by atoms with Crippen LogP contribution in [0.5, 0.6) is 11.5 Å². The number of benzene rings is 2. The first-order chi connectivity index (χ1) is 17.1. The number of hydrogen-bond donors (Lipinski definition) is 1. The van der Waals surface area contributed by atoms with E-state index in [4.69, 9.17) is 21.1 Å². The Bertz CT molecular complexity index is 1380. The van der Waals surface area contributed by atoms with E-state index in [1.807, 2.05) is 19.1 Å². The van der Waals surface area contributed by atoms with Crippen molar-refractivity contribution in [1.29, 1.82) is 0 Å². The summed E-state index contributed by atoms with van der Waals surface area (Å²) in [6.45, 7) is 9.39. The number of halogens is 1. The van der Waals surface area contributed by atoms with Crippen LogP contribution in [0.15, 0.2) is 42.0 Å². The Morgan fingerprint density at radius 3 is 2.61 bits per heavy atom. The van der Waals surface area contributed by atoms with Gasteiger partial charge in [-0.2, -0.15) is 0 Å². The molecular weight excluding hydrogens is 482 g/mol. The number of hydrogen-bond acceptors (Lipinski definition) is 6. The van der Waals surface area contributed by atoms with Gasteiger partial charge in [-0.15, -0.1) is 0 Å². The highest BCUT2D eigenvalue weighted by molar-refractivity contribution is 6.40. The van der Waals surface area contributed by atoms with Crippen molar-refractivity contribution >= 4 is 52.5 Å². The highest BCUT2D eigenvalue weighted by Gasteiger charge is 2.38. The molecule has 0 radical (unpaired) electrons. The average Bonchev–Trinajstić information content (AvgIpc) is 3.27. The lowest BCUT2D eigenvalue weighted by atomic mass is 9.87. The van der Waals surface area contributed by atoms with E-state index in [-0.39, 0.29) is 23.6 Å². The molecule has 0 bridgehead atoms. The van der Waals surface area contributed by atoms with Gasteiger partial charge in [-0.1, -0.05) is 24.6 Å².